The van der Waals surface area contributed by atoms with Crippen molar-refractivity contribution < 1.29 is 14.9 Å². The zero-order chi connectivity index (χ0) is 13.4. The molecule has 19 heavy (non-hydrogen) atoms. The van der Waals surface area contributed by atoms with E-state index in [4.69, 9.17) is 4.74 Å². The van der Waals surface area contributed by atoms with Gasteiger partial charge in [0, 0.05) is 12.1 Å². The summed E-state index contributed by atoms with van der Waals surface area (Å²) in [6.45, 7) is 3.75. The van der Waals surface area contributed by atoms with E-state index in [-0.39, 0.29) is 12.0 Å². The van der Waals surface area contributed by atoms with Gasteiger partial charge in [0.25, 0.3) is 0 Å². The Bertz CT molecular complexity index is 463. The molecule has 0 spiro atoms. The molecular weight excluding hydrogens is 242 g/mol. The fourth-order valence-corrected chi connectivity index (χ4v) is 3.08. The van der Waals surface area contributed by atoms with Gasteiger partial charge in [-0.05, 0) is 36.9 Å². The molecule has 0 saturated heterocycles. The van der Waals surface area contributed by atoms with Crippen molar-refractivity contribution in [1.29, 1.82) is 0 Å². The van der Waals surface area contributed by atoms with Crippen LogP contribution in [0.4, 0.5) is 0 Å². The molecule has 1 aliphatic carbocycles. The van der Waals surface area contributed by atoms with Gasteiger partial charge in [-0.15, -0.1) is 0 Å². The smallest absolute Gasteiger partial charge is 0.127 e. The van der Waals surface area contributed by atoms with Crippen molar-refractivity contribution in [3.05, 3.63) is 29.3 Å². The monoisotopic (exact) mass is 263 g/mol. The molecule has 0 radical (unpaired) electrons. The molecule has 1 heterocycles. The predicted octanol–water partition coefficient (Wildman–Crippen LogP) is 0.841. The summed E-state index contributed by atoms with van der Waals surface area (Å²) in [5, 5.41) is 23.2. The first-order valence-corrected chi connectivity index (χ1v) is 7.01. The van der Waals surface area contributed by atoms with Gasteiger partial charge in [-0.3, -0.25) is 0 Å². The van der Waals surface area contributed by atoms with E-state index in [0.29, 0.717) is 6.42 Å². The van der Waals surface area contributed by atoms with Crippen LogP contribution in [-0.4, -0.2) is 35.1 Å². The number of rotatable bonds is 2. The third kappa shape index (κ3) is 2.36. The first-order valence-electron chi connectivity index (χ1n) is 7.01. The summed E-state index contributed by atoms with van der Waals surface area (Å²) in [7, 11) is 0. The molecule has 0 unspecified atom stereocenters. The molecule has 2 aliphatic rings. The third-order valence-electron chi connectivity index (χ3n) is 4.30. The molecule has 104 valence electrons. The summed E-state index contributed by atoms with van der Waals surface area (Å²) in [5.41, 5.74) is 2.51. The van der Waals surface area contributed by atoms with E-state index in [9.17, 15) is 10.2 Å². The van der Waals surface area contributed by atoms with Gasteiger partial charge in [-0.1, -0.05) is 19.1 Å². The largest absolute Gasteiger partial charge is 0.487 e. The molecule has 1 saturated carbocycles. The SMILES string of the molecule is C[C@@H]1C[C@H](Oc2cccc3c2CNCC3)[C@@H](O)[C@H]1O. The minimum Gasteiger partial charge on any atom is -0.487 e. The molecular formula is C15H21NO3. The van der Waals surface area contributed by atoms with Crippen LogP contribution in [-0.2, 0) is 13.0 Å². The molecule has 1 aliphatic heterocycles. The van der Waals surface area contributed by atoms with Crippen LogP contribution in [0, 0.1) is 5.92 Å². The number of aliphatic hydroxyl groups excluding tert-OH is 2. The number of hydrogen-bond acceptors (Lipinski definition) is 4. The lowest BCUT2D eigenvalue weighted by Gasteiger charge is -2.24. The fraction of sp³-hybridized carbons (Fsp3) is 0.600. The molecule has 3 rings (SSSR count). The summed E-state index contributed by atoms with van der Waals surface area (Å²) in [5.74, 6) is 0.924. The number of fused-ring (bicyclic) bond motifs is 1. The minimum absolute atomic E-state index is 0.0812. The second-order valence-electron chi connectivity index (χ2n) is 5.67. The normalized spacial score (nSPS) is 34.1. The Labute approximate surface area is 113 Å². The van der Waals surface area contributed by atoms with Crippen molar-refractivity contribution in [3.8, 4) is 5.75 Å². The average molecular weight is 263 g/mol. The van der Waals surface area contributed by atoms with Crippen LogP contribution in [0.1, 0.15) is 24.5 Å². The molecule has 1 aromatic rings. The highest BCUT2D eigenvalue weighted by molar-refractivity contribution is 5.41. The maximum atomic E-state index is 10.0. The van der Waals surface area contributed by atoms with Crippen molar-refractivity contribution in [2.75, 3.05) is 6.54 Å². The summed E-state index contributed by atoms with van der Waals surface area (Å²) in [4.78, 5) is 0. The average Bonchev–Trinajstić information content (AvgIpc) is 2.67. The number of ether oxygens (including phenoxy) is 1. The van der Waals surface area contributed by atoms with E-state index < -0.39 is 12.2 Å². The van der Waals surface area contributed by atoms with Crippen molar-refractivity contribution >= 4 is 0 Å². The fourth-order valence-electron chi connectivity index (χ4n) is 3.08. The standard InChI is InChI=1S/C15H21NO3/c1-9-7-13(15(18)14(9)17)19-12-4-2-3-10-5-6-16-8-11(10)12/h2-4,9,13-18H,5-8H2,1H3/t9-,13+,14+,15-/m1/s1. The van der Waals surface area contributed by atoms with E-state index in [1.54, 1.807) is 0 Å². The van der Waals surface area contributed by atoms with Crippen LogP contribution in [0.5, 0.6) is 5.75 Å². The van der Waals surface area contributed by atoms with E-state index in [1.807, 2.05) is 19.1 Å². The topological polar surface area (TPSA) is 61.7 Å². The van der Waals surface area contributed by atoms with Gasteiger partial charge in [-0.2, -0.15) is 0 Å². The zero-order valence-electron chi connectivity index (χ0n) is 11.2. The van der Waals surface area contributed by atoms with Gasteiger partial charge >= 0.3 is 0 Å². The van der Waals surface area contributed by atoms with Crippen molar-refractivity contribution in [3.63, 3.8) is 0 Å². The van der Waals surface area contributed by atoms with E-state index in [2.05, 4.69) is 11.4 Å². The molecule has 4 nitrogen and oxygen atoms in total. The van der Waals surface area contributed by atoms with Crippen molar-refractivity contribution in [1.82, 2.24) is 5.32 Å². The molecule has 4 atom stereocenters. The van der Waals surface area contributed by atoms with Gasteiger partial charge in [0.05, 0.1) is 6.10 Å². The lowest BCUT2D eigenvalue weighted by Crippen LogP contribution is -2.34. The lowest BCUT2D eigenvalue weighted by molar-refractivity contribution is -0.0167. The Morgan fingerprint density at radius 2 is 2.11 bits per heavy atom. The maximum Gasteiger partial charge on any atom is 0.127 e. The summed E-state index contributed by atoms with van der Waals surface area (Å²) in [6, 6.07) is 6.08. The second kappa shape index (κ2) is 5.12. The minimum atomic E-state index is -0.789. The van der Waals surface area contributed by atoms with Crippen molar-refractivity contribution in [2.45, 2.75) is 44.6 Å². The maximum absolute atomic E-state index is 10.0. The second-order valence-corrected chi connectivity index (χ2v) is 5.67. The van der Waals surface area contributed by atoms with Crippen LogP contribution >= 0.6 is 0 Å². The zero-order valence-corrected chi connectivity index (χ0v) is 11.2. The Balaban J connectivity index is 1.81. The van der Waals surface area contributed by atoms with Gasteiger partial charge in [-0.25, -0.2) is 0 Å². The Morgan fingerprint density at radius 1 is 1.26 bits per heavy atom. The number of hydrogen-bond donors (Lipinski definition) is 3. The van der Waals surface area contributed by atoms with Crippen LogP contribution < -0.4 is 10.1 Å². The first-order chi connectivity index (χ1) is 9.16. The van der Waals surface area contributed by atoms with Gasteiger partial charge < -0.3 is 20.3 Å². The quantitative estimate of drug-likeness (QED) is 0.740. The molecule has 0 aromatic heterocycles. The molecule has 0 amide bonds. The van der Waals surface area contributed by atoms with E-state index in [0.717, 1.165) is 25.3 Å². The van der Waals surface area contributed by atoms with Crippen LogP contribution in [0.3, 0.4) is 0 Å². The highest BCUT2D eigenvalue weighted by atomic mass is 16.5. The molecule has 0 bridgehead atoms. The first kappa shape index (κ1) is 12.9. The van der Waals surface area contributed by atoms with E-state index in [1.165, 1.54) is 11.1 Å². The van der Waals surface area contributed by atoms with Crippen LogP contribution in [0.2, 0.25) is 0 Å². The number of benzene rings is 1. The summed E-state index contributed by atoms with van der Waals surface area (Å²) in [6.07, 6.45) is -0.0680. The Hall–Kier alpha value is -1.10. The van der Waals surface area contributed by atoms with Crippen molar-refractivity contribution in [2.24, 2.45) is 5.92 Å². The highest BCUT2D eigenvalue weighted by Crippen LogP contribution is 2.32. The highest BCUT2D eigenvalue weighted by Gasteiger charge is 2.40. The number of nitrogens with one attached hydrogen (secondary N) is 1. The Morgan fingerprint density at radius 3 is 2.84 bits per heavy atom. The summed E-state index contributed by atoms with van der Waals surface area (Å²) < 4.78 is 5.98. The molecule has 3 N–H and O–H groups in total. The molecule has 4 heteroatoms. The molecule has 1 fully saturated rings. The molecule has 1 aromatic carbocycles. The number of aliphatic hydroxyl groups is 2. The van der Waals surface area contributed by atoms with Gasteiger partial charge in [0.2, 0.25) is 0 Å². The Kier molecular flexibility index (Phi) is 3.48. The predicted molar refractivity (Wildman–Crippen MR) is 72.1 cm³/mol. The van der Waals surface area contributed by atoms with Gasteiger partial charge in [0.1, 0.15) is 18.0 Å². The van der Waals surface area contributed by atoms with E-state index >= 15 is 0 Å². The summed E-state index contributed by atoms with van der Waals surface area (Å²) >= 11 is 0. The van der Waals surface area contributed by atoms with Crippen LogP contribution in [0.25, 0.3) is 0 Å². The van der Waals surface area contributed by atoms with Crippen LogP contribution in [0.15, 0.2) is 18.2 Å². The van der Waals surface area contributed by atoms with Gasteiger partial charge in [0.15, 0.2) is 0 Å². The third-order valence-corrected chi connectivity index (χ3v) is 4.30. The lowest BCUT2D eigenvalue weighted by atomic mass is 10.0.